The highest BCUT2D eigenvalue weighted by molar-refractivity contribution is 5.43. The monoisotopic (exact) mass is 325 g/mol. The van der Waals surface area contributed by atoms with Crippen LogP contribution in [0.2, 0.25) is 0 Å². The standard InChI is InChI=1S/C14H14F3N5O/c15-14(16,17)23-11-2-3-12(20-10-11)21-6-8-22(9-7-21)13-18-4-1-5-19-13/h1-5,10H,6-9H2. The third-order valence-electron chi connectivity index (χ3n) is 3.39. The minimum atomic E-state index is -4.70. The second kappa shape index (κ2) is 6.27. The number of hydrogen-bond donors (Lipinski definition) is 0. The fourth-order valence-electron chi connectivity index (χ4n) is 2.34. The molecule has 0 N–H and O–H groups in total. The van der Waals surface area contributed by atoms with Gasteiger partial charge in [-0.2, -0.15) is 0 Å². The Morgan fingerprint density at radius 2 is 1.57 bits per heavy atom. The van der Waals surface area contributed by atoms with Crippen molar-refractivity contribution in [1.82, 2.24) is 15.0 Å². The van der Waals surface area contributed by atoms with Crippen LogP contribution in [0.5, 0.6) is 5.75 Å². The van der Waals surface area contributed by atoms with Gasteiger partial charge in [-0.1, -0.05) is 0 Å². The van der Waals surface area contributed by atoms with E-state index < -0.39 is 6.36 Å². The Labute approximate surface area is 130 Å². The Hall–Kier alpha value is -2.58. The van der Waals surface area contributed by atoms with Crippen molar-refractivity contribution in [2.75, 3.05) is 36.0 Å². The number of nitrogens with zero attached hydrogens (tertiary/aromatic N) is 5. The van der Waals surface area contributed by atoms with Gasteiger partial charge < -0.3 is 14.5 Å². The molecule has 6 nitrogen and oxygen atoms in total. The van der Waals surface area contributed by atoms with Crippen molar-refractivity contribution in [3.63, 3.8) is 0 Å². The van der Waals surface area contributed by atoms with Crippen LogP contribution in [0.4, 0.5) is 24.9 Å². The smallest absolute Gasteiger partial charge is 0.404 e. The minimum Gasteiger partial charge on any atom is -0.404 e. The summed E-state index contributed by atoms with van der Waals surface area (Å²) in [5.41, 5.74) is 0. The van der Waals surface area contributed by atoms with E-state index in [2.05, 4.69) is 24.6 Å². The maximum absolute atomic E-state index is 12.1. The summed E-state index contributed by atoms with van der Waals surface area (Å²) < 4.78 is 40.2. The van der Waals surface area contributed by atoms with Crippen LogP contribution in [0, 0.1) is 0 Å². The van der Waals surface area contributed by atoms with Crippen LogP contribution in [0.3, 0.4) is 0 Å². The van der Waals surface area contributed by atoms with Crippen LogP contribution >= 0.6 is 0 Å². The van der Waals surface area contributed by atoms with Gasteiger partial charge in [0.25, 0.3) is 0 Å². The number of alkyl halides is 3. The van der Waals surface area contributed by atoms with Crippen molar-refractivity contribution in [2.24, 2.45) is 0 Å². The lowest BCUT2D eigenvalue weighted by atomic mass is 10.3. The zero-order valence-electron chi connectivity index (χ0n) is 12.1. The topological polar surface area (TPSA) is 54.4 Å². The molecule has 0 unspecified atom stereocenters. The van der Waals surface area contributed by atoms with E-state index in [0.717, 1.165) is 6.20 Å². The van der Waals surface area contributed by atoms with E-state index in [1.807, 2.05) is 4.90 Å². The molecule has 2 aromatic rings. The summed E-state index contributed by atoms with van der Waals surface area (Å²) in [5, 5.41) is 0. The van der Waals surface area contributed by atoms with Crippen LogP contribution in [0.25, 0.3) is 0 Å². The van der Waals surface area contributed by atoms with Crippen LogP contribution in [-0.4, -0.2) is 47.5 Å². The minimum absolute atomic E-state index is 0.322. The average molecular weight is 325 g/mol. The van der Waals surface area contributed by atoms with Crippen LogP contribution in [-0.2, 0) is 0 Å². The first-order valence-corrected chi connectivity index (χ1v) is 7.00. The highest BCUT2D eigenvalue weighted by Gasteiger charge is 2.31. The van der Waals surface area contributed by atoms with Gasteiger partial charge in [-0.05, 0) is 18.2 Å². The van der Waals surface area contributed by atoms with Gasteiger partial charge in [0.1, 0.15) is 11.6 Å². The molecule has 0 aliphatic carbocycles. The van der Waals surface area contributed by atoms with Gasteiger partial charge in [0.05, 0.1) is 6.20 Å². The Balaban J connectivity index is 1.59. The van der Waals surface area contributed by atoms with Gasteiger partial charge in [0.15, 0.2) is 0 Å². The van der Waals surface area contributed by atoms with Crippen molar-refractivity contribution >= 4 is 11.8 Å². The van der Waals surface area contributed by atoms with Crippen LogP contribution in [0.15, 0.2) is 36.8 Å². The summed E-state index contributed by atoms with van der Waals surface area (Å²) >= 11 is 0. The van der Waals surface area contributed by atoms with E-state index in [0.29, 0.717) is 37.9 Å². The maximum atomic E-state index is 12.1. The number of halogens is 3. The first-order valence-electron chi connectivity index (χ1n) is 7.00. The molecular formula is C14H14F3N5O. The third kappa shape index (κ3) is 3.99. The molecule has 3 rings (SSSR count). The second-order valence-electron chi connectivity index (χ2n) is 4.92. The number of aromatic nitrogens is 3. The first kappa shape index (κ1) is 15.3. The Bertz CT molecular complexity index is 627. The quantitative estimate of drug-likeness (QED) is 0.861. The lowest BCUT2D eigenvalue weighted by Crippen LogP contribution is -2.47. The summed E-state index contributed by atoms with van der Waals surface area (Å²) in [7, 11) is 0. The van der Waals surface area contributed by atoms with E-state index in [-0.39, 0.29) is 5.75 Å². The Kier molecular flexibility index (Phi) is 4.18. The van der Waals surface area contributed by atoms with Gasteiger partial charge in [-0.15, -0.1) is 13.2 Å². The third-order valence-corrected chi connectivity index (χ3v) is 3.39. The summed E-state index contributed by atoms with van der Waals surface area (Å²) in [6, 6.07) is 4.55. The molecule has 0 bridgehead atoms. The molecule has 1 aliphatic heterocycles. The van der Waals surface area contributed by atoms with E-state index >= 15 is 0 Å². The fraction of sp³-hybridized carbons (Fsp3) is 0.357. The normalized spacial score (nSPS) is 15.6. The molecule has 0 amide bonds. The molecule has 0 radical (unpaired) electrons. The highest BCUT2D eigenvalue weighted by atomic mass is 19.4. The predicted octanol–water partition coefficient (Wildman–Crippen LogP) is 2.10. The summed E-state index contributed by atoms with van der Waals surface area (Å²) in [5.74, 6) is 0.972. The van der Waals surface area contributed by atoms with Crippen molar-refractivity contribution in [3.05, 3.63) is 36.8 Å². The molecule has 9 heteroatoms. The summed E-state index contributed by atoms with van der Waals surface area (Å²) in [6.07, 6.45) is -0.245. The van der Waals surface area contributed by atoms with Gasteiger partial charge >= 0.3 is 6.36 Å². The van der Waals surface area contributed by atoms with Gasteiger partial charge in [0, 0.05) is 38.6 Å². The van der Waals surface area contributed by atoms with Crippen LogP contribution in [0.1, 0.15) is 0 Å². The molecule has 23 heavy (non-hydrogen) atoms. The molecule has 0 spiro atoms. The van der Waals surface area contributed by atoms with Crippen molar-refractivity contribution in [2.45, 2.75) is 6.36 Å². The van der Waals surface area contributed by atoms with Crippen molar-refractivity contribution in [3.8, 4) is 5.75 Å². The van der Waals surface area contributed by atoms with E-state index in [1.165, 1.54) is 12.1 Å². The molecule has 122 valence electrons. The van der Waals surface area contributed by atoms with Gasteiger partial charge in [0.2, 0.25) is 5.95 Å². The lowest BCUT2D eigenvalue weighted by molar-refractivity contribution is -0.274. The molecule has 0 atom stereocenters. The fourth-order valence-corrected chi connectivity index (χ4v) is 2.34. The second-order valence-corrected chi connectivity index (χ2v) is 4.92. The summed E-state index contributed by atoms with van der Waals surface area (Å²) in [4.78, 5) is 16.5. The SMILES string of the molecule is FC(F)(F)Oc1ccc(N2CCN(c3ncccn3)CC2)nc1. The number of hydrogen-bond acceptors (Lipinski definition) is 6. The van der Waals surface area contributed by atoms with E-state index in [4.69, 9.17) is 0 Å². The van der Waals surface area contributed by atoms with E-state index in [9.17, 15) is 13.2 Å². The number of piperazine rings is 1. The zero-order chi connectivity index (χ0) is 16.3. The Morgan fingerprint density at radius 1 is 0.913 bits per heavy atom. The lowest BCUT2D eigenvalue weighted by Gasteiger charge is -2.35. The highest BCUT2D eigenvalue weighted by Crippen LogP contribution is 2.24. The number of ether oxygens (including phenoxy) is 1. The van der Waals surface area contributed by atoms with Gasteiger partial charge in [-0.3, -0.25) is 0 Å². The molecule has 0 aromatic carbocycles. The average Bonchev–Trinajstić information content (AvgIpc) is 2.55. The molecular weight excluding hydrogens is 311 g/mol. The molecule has 3 heterocycles. The number of pyridine rings is 1. The first-order chi connectivity index (χ1) is 11.0. The number of anilines is 2. The van der Waals surface area contributed by atoms with E-state index in [1.54, 1.807) is 18.5 Å². The van der Waals surface area contributed by atoms with Gasteiger partial charge in [-0.25, -0.2) is 15.0 Å². The van der Waals surface area contributed by atoms with Crippen LogP contribution < -0.4 is 14.5 Å². The zero-order valence-corrected chi connectivity index (χ0v) is 12.1. The summed E-state index contributed by atoms with van der Waals surface area (Å²) in [6.45, 7) is 2.80. The molecule has 1 saturated heterocycles. The molecule has 2 aromatic heterocycles. The van der Waals surface area contributed by atoms with Crippen molar-refractivity contribution < 1.29 is 17.9 Å². The predicted molar refractivity (Wildman–Crippen MR) is 77.4 cm³/mol. The van der Waals surface area contributed by atoms with Crippen molar-refractivity contribution in [1.29, 1.82) is 0 Å². The molecule has 0 saturated carbocycles. The molecule has 1 aliphatic rings. The molecule has 1 fully saturated rings. The Morgan fingerprint density at radius 3 is 2.13 bits per heavy atom. The largest absolute Gasteiger partial charge is 0.573 e. The maximum Gasteiger partial charge on any atom is 0.573 e. The number of rotatable bonds is 3.